The lowest BCUT2D eigenvalue weighted by molar-refractivity contribution is 0.148. The van der Waals surface area contributed by atoms with Crippen LogP contribution >= 0.6 is 0 Å². The second kappa shape index (κ2) is 5.13. The third-order valence-electron chi connectivity index (χ3n) is 3.94. The van der Waals surface area contributed by atoms with Crippen LogP contribution in [-0.2, 0) is 0 Å². The summed E-state index contributed by atoms with van der Waals surface area (Å²) in [6.07, 6.45) is 8.03. The smallest absolute Gasteiger partial charge is 0.0459 e. The first kappa shape index (κ1) is 10.4. The van der Waals surface area contributed by atoms with Crippen molar-refractivity contribution in [3.63, 3.8) is 0 Å². The minimum absolute atomic E-state index is 0.413. The molecule has 0 unspecified atom stereocenters. The highest BCUT2D eigenvalue weighted by Crippen LogP contribution is 2.29. The summed E-state index contributed by atoms with van der Waals surface area (Å²) in [5.74, 6) is 1.54. The Morgan fingerprint density at radius 2 is 1.50 bits per heavy atom. The quantitative estimate of drug-likeness (QED) is 0.746. The second-order valence-electron chi connectivity index (χ2n) is 5.08. The molecule has 0 atom stereocenters. The van der Waals surface area contributed by atoms with E-state index in [1.807, 2.05) is 0 Å². The molecule has 1 aliphatic carbocycles. The summed E-state index contributed by atoms with van der Waals surface area (Å²) in [5.41, 5.74) is 0. The Kier molecular flexibility index (Phi) is 3.82. The molecule has 0 aromatic rings. The summed E-state index contributed by atoms with van der Waals surface area (Å²) in [4.78, 5) is 2.63. The van der Waals surface area contributed by atoms with Gasteiger partial charge in [-0.05, 0) is 63.5 Å². The SMILES string of the molecule is OCC1CCC(CN2CCCC2)CC1. The Morgan fingerprint density at radius 3 is 2.07 bits per heavy atom. The summed E-state index contributed by atoms with van der Waals surface area (Å²) >= 11 is 0. The normalized spacial score (nSPS) is 34.9. The predicted molar refractivity (Wildman–Crippen MR) is 58.2 cm³/mol. The van der Waals surface area contributed by atoms with E-state index in [9.17, 15) is 0 Å². The number of nitrogens with zero attached hydrogens (tertiary/aromatic N) is 1. The van der Waals surface area contributed by atoms with Gasteiger partial charge in [0.25, 0.3) is 0 Å². The molecule has 1 heterocycles. The average molecular weight is 197 g/mol. The van der Waals surface area contributed by atoms with Gasteiger partial charge in [0.1, 0.15) is 0 Å². The maximum atomic E-state index is 9.05. The molecule has 1 saturated carbocycles. The van der Waals surface area contributed by atoms with Gasteiger partial charge in [-0.25, -0.2) is 0 Å². The fourth-order valence-electron chi connectivity index (χ4n) is 2.93. The molecule has 2 heteroatoms. The molecule has 0 bridgehead atoms. The second-order valence-corrected chi connectivity index (χ2v) is 5.08. The van der Waals surface area contributed by atoms with Crippen molar-refractivity contribution in [1.82, 2.24) is 4.90 Å². The minimum Gasteiger partial charge on any atom is -0.396 e. The zero-order chi connectivity index (χ0) is 9.80. The zero-order valence-corrected chi connectivity index (χ0v) is 9.12. The molecule has 0 spiro atoms. The first-order chi connectivity index (χ1) is 6.88. The number of aliphatic hydroxyl groups is 1. The minimum atomic E-state index is 0.413. The van der Waals surface area contributed by atoms with Crippen LogP contribution in [0.2, 0.25) is 0 Å². The van der Waals surface area contributed by atoms with Gasteiger partial charge in [-0.1, -0.05) is 0 Å². The highest BCUT2D eigenvalue weighted by molar-refractivity contribution is 4.76. The topological polar surface area (TPSA) is 23.5 Å². The van der Waals surface area contributed by atoms with Crippen LogP contribution in [0.15, 0.2) is 0 Å². The van der Waals surface area contributed by atoms with E-state index >= 15 is 0 Å². The number of rotatable bonds is 3. The number of aliphatic hydroxyl groups excluding tert-OH is 1. The van der Waals surface area contributed by atoms with Gasteiger partial charge in [-0.15, -0.1) is 0 Å². The number of hydrogen-bond acceptors (Lipinski definition) is 2. The predicted octanol–water partition coefficient (Wildman–Crippen LogP) is 1.88. The van der Waals surface area contributed by atoms with Gasteiger partial charge in [-0.3, -0.25) is 0 Å². The third kappa shape index (κ3) is 2.71. The van der Waals surface area contributed by atoms with Gasteiger partial charge >= 0.3 is 0 Å². The Bertz CT molecular complexity index is 158. The Labute approximate surface area is 87.3 Å². The van der Waals surface area contributed by atoms with Crippen molar-refractivity contribution < 1.29 is 5.11 Å². The van der Waals surface area contributed by atoms with E-state index in [1.165, 1.54) is 58.2 Å². The molecule has 2 nitrogen and oxygen atoms in total. The van der Waals surface area contributed by atoms with E-state index in [2.05, 4.69) is 4.90 Å². The fourth-order valence-corrected chi connectivity index (χ4v) is 2.93. The molecule has 1 N–H and O–H groups in total. The standard InChI is InChI=1S/C12H23NO/c14-10-12-5-3-11(4-6-12)9-13-7-1-2-8-13/h11-12,14H,1-10H2. The summed E-state index contributed by atoms with van der Waals surface area (Å²) < 4.78 is 0. The van der Waals surface area contributed by atoms with Crippen molar-refractivity contribution in [3.05, 3.63) is 0 Å². The fraction of sp³-hybridized carbons (Fsp3) is 1.00. The molecular weight excluding hydrogens is 174 g/mol. The van der Waals surface area contributed by atoms with E-state index in [-0.39, 0.29) is 0 Å². The van der Waals surface area contributed by atoms with Crippen molar-refractivity contribution in [3.8, 4) is 0 Å². The van der Waals surface area contributed by atoms with Crippen LogP contribution in [0.4, 0.5) is 0 Å². The van der Waals surface area contributed by atoms with E-state index in [0.29, 0.717) is 12.5 Å². The van der Waals surface area contributed by atoms with Crippen molar-refractivity contribution in [2.24, 2.45) is 11.8 Å². The van der Waals surface area contributed by atoms with Gasteiger partial charge in [-0.2, -0.15) is 0 Å². The van der Waals surface area contributed by atoms with E-state index in [4.69, 9.17) is 5.11 Å². The summed E-state index contributed by atoms with van der Waals surface area (Å²) in [6, 6.07) is 0. The first-order valence-corrected chi connectivity index (χ1v) is 6.21. The highest BCUT2D eigenvalue weighted by Gasteiger charge is 2.23. The van der Waals surface area contributed by atoms with Crippen molar-refractivity contribution in [1.29, 1.82) is 0 Å². The summed E-state index contributed by atoms with van der Waals surface area (Å²) in [6.45, 7) is 4.41. The van der Waals surface area contributed by atoms with Gasteiger partial charge < -0.3 is 10.0 Å². The van der Waals surface area contributed by atoms with Crippen LogP contribution in [-0.4, -0.2) is 36.2 Å². The maximum absolute atomic E-state index is 9.05. The summed E-state index contributed by atoms with van der Waals surface area (Å²) in [7, 11) is 0. The van der Waals surface area contributed by atoms with Crippen LogP contribution in [0.3, 0.4) is 0 Å². The third-order valence-corrected chi connectivity index (χ3v) is 3.94. The van der Waals surface area contributed by atoms with Gasteiger partial charge in [0.15, 0.2) is 0 Å². The summed E-state index contributed by atoms with van der Waals surface area (Å²) in [5, 5.41) is 9.05. The molecule has 0 aromatic carbocycles. The van der Waals surface area contributed by atoms with Crippen LogP contribution in [0.5, 0.6) is 0 Å². The number of likely N-dealkylation sites (tertiary alicyclic amines) is 1. The molecule has 0 radical (unpaired) electrons. The molecule has 2 rings (SSSR count). The largest absolute Gasteiger partial charge is 0.396 e. The molecule has 2 aliphatic rings. The first-order valence-electron chi connectivity index (χ1n) is 6.21. The Hall–Kier alpha value is -0.0800. The van der Waals surface area contributed by atoms with Crippen molar-refractivity contribution >= 4 is 0 Å². The number of hydrogen-bond donors (Lipinski definition) is 1. The molecular formula is C12H23NO. The lowest BCUT2D eigenvalue weighted by atomic mass is 9.82. The molecule has 0 aromatic heterocycles. The van der Waals surface area contributed by atoms with Gasteiger partial charge in [0, 0.05) is 13.2 Å². The Balaban J connectivity index is 1.67. The molecule has 0 amide bonds. The zero-order valence-electron chi connectivity index (χ0n) is 9.12. The molecule has 1 aliphatic heterocycles. The maximum Gasteiger partial charge on any atom is 0.0459 e. The lowest BCUT2D eigenvalue weighted by Gasteiger charge is -2.30. The van der Waals surface area contributed by atoms with Crippen LogP contribution in [0.25, 0.3) is 0 Å². The van der Waals surface area contributed by atoms with Crippen LogP contribution in [0.1, 0.15) is 38.5 Å². The van der Waals surface area contributed by atoms with E-state index in [0.717, 1.165) is 5.92 Å². The highest BCUT2D eigenvalue weighted by atomic mass is 16.3. The molecule has 14 heavy (non-hydrogen) atoms. The van der Waals surface area contributed by atoms with E-state index in [1.54, 1.807) is 0 Å². The average Bonchev–Trinajstić information content (AvgIpc) is 2.72. The van der Waals surface area contributed by atoms with Crippen molar-refractivity contribution in [2.75, 3.05) is 26.2 Å². The van der Waals surface area contributed by atoms with Gasteiger partial charge in [0.05, 0.1) is 0 Å². The lowest BCUT2D eigenvalue weighted by Crippen LogP contribution is -2.29. The molecule has 2 fully saturated rings. The van der Waals surface area contributed by atoms with E-state index < -0.39 is 0 Å². The van der Waals surface area contributed by atoms with Crippen LogP contribution in [0, 0.1) is 11.8 Å². The van der Waals surface area contributed by atoms with Gasteiger partial charge in [0.2, 0.25) is 0 Å². The molecule has 1 saturated heterocycles. The monoisotopic (exact) mass is 197 g/mol. The molecule has 82 valence electrons. The van der Waals surface area contributed by atoms with Crippen LogP contribution < -0.4 is 0 Å². The van der Waals surface area contributed by atoms with Crippen molar-refractivity contribution in [2.45, 2.75) is 38.5 Å². The Morgan fingerprint density at radius 1 is 0.929 bits per heavy atom.